The summed E-state index contributed by atoms with van der Waals surface area (Å²) in [6.45, 7) is 5.09. The van der Waals surface area contributed by atoms with Crippen LogP contribution in [-0.2, 0) is 0 Å². The molecule has 1 aromatic carbocycles. The Morgan fingerprint density at radius 2 is 2.13 bits per heavy atom. The number of aromatic amines is 1. The molecule has 0 saturated heterocycles. The van der Waals surface area contributed by atoms with E-state index in [2.05, 4.69) is 30.6 Å². The summed E-state index contributed by atoms with van der Waals surface area (Å²) in [5.74, 6) is 1.78. The first kappa shape index (κ1) is 20.1. The van der Waals surface area contributed by atoms with Crippen molar-refractivity contribution in [2.24, 2.45) is 5.92 Å². The van der Waals surface area contributed by atoms with E-state index in [4.69, 9.17) is 25.6 Å². The summed E-state index contributed by atoms with van der Waals surface area (Å²) in [7, 11) is 0. The van der Waals surface area contributed by atoms with Gasteiger partial charge >= 0.3 is 0 Å². The highest BCUT2D eigenvalue weighted by molar-refractivity contribution is 6.32. The lowest BCUT2D eigenvalue weighted by molar-refractivity contribution is 0.0921. The van der Waals surface area contributed by atoms with Gasteiger partial charge in [0.05, 0.1) is 18.2 Å². The Labute approximate surface area is 177 Å². The van der Waals surface area contributed by atoms with Gasteiger partial charge in [0, 0.05) is 12.0 Å². The Kier molecular flexibility index (Phi) is 5.84. The smallest absolute Gasteiger partial charge is 0.252 e. The summed E-state index contributed by atoms with van der Waals surface area (Å²) in [5, 5.41) is 13.7. The summed E-state index contributed by atoms with van der Waals surface area (Å²) in [6.07, 6.45) is 2.70. The molecule has 3 aromatic rings. The molecular weight excluding hydrogens is 412 g/mol. The molecule has 11 heteroatoms. The normalized spacial score (nSPS) is 14.4. The third-order valence-electron chi connectivity index (χ3n) is 4.44. The maximum atomic E-state index is 13.0. The van der Waals surface area contributed by atoms with Gasteiger partial charge in [0.15, 0.2) is 17.3 Å². The van der Waals surface area contributed by atoms with Crippen molar-refractivity contribution in [3.05, 3.63) is 34.9 Å². The molecule has 0 bridgehead atoms. The Bertz CT molecular complexity index is 1020. The number of amides is 1. The fraction of sp³-hybridized carbons (Fsp3) is 0.421. The zero-order valence-corrected chi connectivity index (χ0v) is 17.3. The van der Waals surface area contributed by atoms with Crippen LogP contribution < -0.4 is 14.8 Å². The molecule has 2 aromatic heterocycles. The summed E-state index contributed by atoms with van der Waals surface area (Å²) in [6, 6.07) is 2.70. The van der Waals surface area contributed by atoms with E-state index >= 15 is 0 Å². The molecule has 2 N–H and O–H groups in total. The van der Waals surface area contributed by atoms with Crippen LogP contribution in [0, 0.1) is 5.92 Å². The third-order valence-corrected chi connectivity index (χ3v) is 4.72. The lowest BCUT2D eigenvalue weighted by Gasteiger charge is -2.18. The van der Waals surface area contributed by atoms with E-state index in [1.165, 1.54) is 6.33 Å². The van der Waals surface area contributed by atoms with Crippen LogP contribution in [0.3, 0.4) is 0 Å². The van der Waals surface area contributed by atoms with Crippen molar-refractivity contribution in [3.63, 3.8) is 0 Å². The van der Waals surface area contributed by atoms with Crippen LogP contribution in [0.15, 0.2) is 23.0 Å². The summed E-state index contributed by atoms with van der Waals surface area (Å²) >= 11 is 6.32. The molecule has 1 aliphatic heterocycles. The fourth-order valence-electron chi connectivity index (χ4n) is 3.08. The van der Waals surface area contributed by atoms with Crippen molar-refractivity contribution in [2.45, 2.75) is 32.7 Å². The van der Waals surface area contributed by atoms with Crippen LogP contribution in [0.4, 0.5) is 0 Å². The number of fused-ring (bicyclic) bond motifs is 1. The average molecular weight is 433 g/mol. The van der Waals surface area contributed by atoms with Gasteiger partial charge in [0.1, 0.15) is 12.4 Å². The number of rotatable bonds is 6. The highest BCUT2D eigenvalue weighted by Gasteiger charge is 2.25. The molecule has 0 aliphatic carbocycles. The lowest BCUT2D eigenvalue weighted by Crippen LogP contribution is -2.30. The van der Waals surface area contributed by atoms with Gasteiger partial charge in [-0.05, 0) is 24.5 Å². The number of ether oxygens (including phenoxy) is 2. The number of benzene rings is 1. The molecule has 1 amide bonds. The predicted octanol–water partition coefficient (Wildman–Crippen LogP) is 3.19. The van der Waals surface area contributed by atoms with Gasteiger partial charge < -0.3 is 19.3 Å². The second kappa shape index (κ2) is 8.70. The molecule has 0 radical (unpaired) electrons. The number of aromatic nitrogens is 5. The maximum absolute atomic E-state index is 13.0. The summed E-state index contributed by atoms with van der Waals surface area (Å²) < 4.78 is 16.7. The molecule has 1 atom stereocenters. The first-order chi connectivity index (χ1) is 14.5. The summed E-state index contributed by atoms with van der Waals surface area (Å²) in [4.78, 5) is 21.3. The van der Waals surface area contributed by atoms with E-state index < -0.39 is 6.04 Å². The first-order valence-corrected chi connectivity index (χ1v) is 9.98. The topological polar surface area (TPSA) is 128 Å². The second-order valence-corrected chi connectivity index (χ2v) is 7.69. The van der Waals surface area contributed by atoms with Gasteiger partial charge in [-0.15, -0.1) is 0 Å². The second-order valence-electron chi connectivity index (χ2n) is 7.28. The molecule has 158 valence electrons. The number of H-pyrrole nitrogens is 1. The van der Waals surface area contributed by atoms with Gasteiger partial charge in [-0.1, -0.05) is 30.6 Å². The van der Waals surface area contributed by atoms with E-state index in [9.17, 15) is 4.79 Å². The number of carbonyl (C=O) groups excluding carboxylic acids is 1. The molecule has 1 aliphatic rings. The van der Waals surface area contributed by atoms with E-state index in [1.807, 2.05) is 13.8 Å². The van der Waals surface area contributed by atoms with Gasteiger partial charge in [-0.25, -0.2) is 4.98 Å². The van der Waals surface area contributed by atoms with Crippen molar-refractivity contribution in [1.82, 2.24) is 30.6 Å². The third kappa shape index (κ3) is 4.38. The summed E-state index contributed by atoms with van der Waals surface area (Å²) in [5.41, 5.74) is 0.355. The monoisotopic (exact) mass is 432 g/mol. The Morgan fingerprint density at radius 1 is 1.30 bits per heavy atom. The zero-order valence-electron chi connectivity index (χ0n) is 16.5. The van der Waals surface area contributed by atoms with E-state index in [0.717, 1.165) is 6.42 Å². The highest BCUT2D eigenvalue weighted by atomic mass is 35.5. The zero-order chi connectivity index (χ0) is 21.1. The van der Waals surface area contributed by atoms with E-state index in [1.54, 1.807) is 12.1 Å². The Balaban J connectivity index is 1.57. The largest absolute Gasteiger partial charge is 0.489 e. The van der Waals surface area contributed by atoms with Gasteiger partial charge in [-0.2, -0.15) is 10.1 Å². The van der Waals surface area contributed by atoms with Crippen LogP contribution in [-0.4, -0.2) is 44.4 Å². The molecule has 3 heterocycles. The van der Waals surface area contributed by atoms with Gasteiger partial charge in [0.25, 0.3) is 5.91 Å². The van der Waals surface area contributed by atoms with Crippen molar-refractivity contribution in [3.8, 4) is 23.1 Å². The van der Waals surface area contributed by atoms with Crippen LogP contribution in [0.25, 0.3) is 11.6 Å². The molecular formula is C19H21ClN6O4. The highest BCUT2D eigenvalue weighted by Crippen LogP contribution is 2.38. The van der Waals surface area contributed by atoms with Crippen molar-refractivity contribution >= 4 is 17.5 Å². The van der Waals surface area contributed by atoms with Crippen molar-refractivity contribution in [1.29, 1.82) is 0 Å². The molecule has 4 rings (SSSR count). The van der Waals surface area contributed by atoms with Crippen molar-refractivity contribution < 1.29 is 18.8 Å². The Hall–Kier alpha value is -3.14. The van der Waals surface area contributed by atoms with Gasteiger partial charge in [-0.3, -0.25) is 9.89 Å². The number of nitrogens with zero attached hydrogens (tertiary/aromatic N) is 4. The number of nitrogens with one attached hydrogen (secondary N) is 2. The first-order valence-electron chi connectivity index (χ1n) is 9.60. The van der Waals surface area contributed by atoms with Crippen LogP contribution in [0.2, 0.25) is 5.02 Å². The maximum Gasteiger partial charge on any atom is 0.252 e. The molecule has 30 heavy (non-hydrogen) atoms. The van der Waals surface area contributed by atoms with Crippen LogP contribution >= 0.6 is 11.6 Å². The van der Waals surface area contributed by atoms with Crippen molar-refractivity contribution in [2.75, 3.05) is 13.2 Å². The SMILES string of the molecule is CC(C)CC(NC(=O)c1cc(Cl)c2c(c1)OCCCO2)c1nc(-c2ncn[nH]2)no1. The Morgan fingerprint density at radius 3 is 2.90 bits per heavy atom. The van der Waals surface area contributed by atoms with E-state index in [-0.39, 0.29) is 23.5 Å². The predicted molar refractivity (Wildman–Crippen MR) is 106 cm³/mol. The fourth-order valence-corrected chi connectivity index (χ4v) is 3.35. The minimum atomic E-state index is -0.489. The standard InChI is InChI=1S/C19H21ClN6O4/c1-10(2)6-13(19-24-17(26-30-19)16-21-9-22-25-16)23-18(27)11-7-12(20)15-14(8-11)28-4-3-5-29-15/h7-10,13H,3-6H2,1-2H3,(H,23,27)(H,21,22,25). The van der Waals surface area contributed by atoms with Crippen LogP contribution in [0.5, 0.6) is 11.5 Å². The number of hydrogen-bond donors (Lipinski definition) is 2. The number of carbonyl (C=O) groups is 1. The number of hydrogen-bond acceptors (Lipinski definition) is 8. The minimum Gasteiger partial charge on any atom is -0.489 e. The van der Waals surface area contributed by atoms with E-state index in [0.29, 0.717) is 47.5 Å². The minimum absolute atomic E-state index is 0.267. The lowest BCUT2D eigenvalue weighted by atomic mass is 10.0. The molecule has 0 fully saturated rings. The average Bonchev–Trinajstić information content (AvgIpc) is 3.35. The van der Waals surface area contributed by atoms with Crippen LogP contribution in [0.1, 0.15) is 49.0 Å². The van der Waals surface area contributed by atoms with Gasteiger partial charge in [0.2, 0.25) is 11.7 Å². The number of halogens is 1. The molecule has 0 saturated carbocycles. The quantitative estimate of drug-likeness (QED) is 0.607. The molecule has 10 nitrogen and oxygen atoms in total. The molecule has 1 unspecified atom stereocenters. The molecule has 0 spiro atoms.